The Bertz CT molecular complexity index is 1100. The van der Waals surface area contributed by atoms with Crippen molar-refractivity contribution in [3.63, 3.8) is 0 Å². The van der Waals surface area contributed by atoms with E-state index in [1.54, 1.807) is 22.8 Å². The Hall–Kier alpha value is -2.35. The number of carbonyl (C=O) groups excluding carboxylic acids is 1. The summed E-state index contributed by atoms with van der Waals surface area (Å²) < 4.78 is 7.34. The molecule has 156 valence electrons. The van der Waals surface area contributed by atoms with Gasteiger partial charge in [0.2, 0.25) is 5.91 Å². The molecule has 1 fully saturated rings. The maximum absolute atomic E-state index is 13.1. The lowest BCUT2D eigenvalue weighted by Crippen LogP contribution is -2.30. The van der Waals surface area contributed by atoms with Crippen LogP contribution in [-0.2, 0) is 22.6 Å². The molecule has 8 heteroatoms. The van der Waals surface area contributed by atoms with Crippen molar-refractivity contribution in [2.75, 3.05) is 12.4 Å². The highest BCUT2D eigenvalue weighted by atomic mass is 35.5. The van der Waals surface area contributed by atoms with Gasteiger partial charge in [0.15, 0.2) is 5.16 Å². The smallest absolute Gasteiger partial charge is 0.262 e. The van der Waals surface area contributed by atoms with Gasteiger partial charge in [-0.25, -0.2) is 4.98 Å². The number of fused-ring (bicyclic) bond motifs is 1. The molecule has 0 aliphatic carbocycles. The number of thioether (sulfide) groups is 1. The fraction of sp³-hybridized carbons (Fsp3) is 0.318. The van der Waals surface area contributed by atoms with Crippen molar-refractivity contribution >= 4 is 40.2 Å². The first-order valence-corrected chi connectivity index (χ1v) is 11.2. The lowest BCUT2D eigenvalue weighted by Gasteiger charge is -2.16. The first-order chi connectivity index (χ1) is 14.6. The van der Waals surface area contributed by atoms with Crippen LogP contribution in [0, 0.1) is 0 Å². The molecule has 0 radical (unpaired) electrons. The highest BCUT2D eigenvalue weighted by Crippen LogP contribution is 2.22. The SMILES string of the molecule is O=C(CSc1nc2cc(Cl)ccc2c(=O)n1CC1CCCO1)NCc1ccccc1. The van der Waals surface area contributed by atoms with Crippen LogP contribution in [0.25, 0.3) is 10.9 Å². The zero-order valence-corrected chi connectivity index (χ0v) is 17.9. The van der Waals surface area contributed by atoms with Crippen LogP contribution in [-0.4, -0.2) is 33.9 Å². The number of nitrogens with zero attached hydrogens (tertiary/aromatic N) is 2. The Balaban J connectivity index is 1.53. The number of rotatable bonds is 7. The van der Waals surface area contributed by atoms with E-state index < -0.39 is 0 Å². The maximum atomic E-state index is 13.1. The number of carbonyl (C=O) groups is 1. The lowest BCUT2D eigenvalue weighted by molar-refractivity contribution is -0.118. The predicted molar refractivity (Wildman–Crippen MR) is 119 cm³/mol. The number of halogens is 1. The van der Waals surface area contributed by atoms with Gasteiger partial charge < -0.3 is 10.1 Å². The summed E-state index contributed by atoms with van der Waals surface area (Å²) in [5.41, 5.74) is 1.42. The summed E-state index contributed by atoms with van der Waals surface area (Å²) in [6.07, 6.45) is 1.88. The Morgan fingerprint density at radius 2 is 2.10 bits per heavy atom. The molecule has 0 saturated carbocycles. The number of benzene rings is 2. The van der Waals surface area contributed by atoms with Crippen LogP contribution in [0.4, 0.5) is 0 Å². The molecule has 1 aromatic heterocycles. The zero-order valence-electron chi connectivity index (χ0n) is 16.3. The third-order valence-electron chi connectivity index (χ3n) is 4.96. The maximum Gasteiger partial charge on any atom is 0.262 e. The summed E-state index contributed by atoms with van der Waals surface area (Å²) in [6.45, 7) is 1.60. The standard InChI is InChI=1S/C22H22ClN3O3S/c23-16-8-9-18-19(11-16)25-22(26(21(18)28)13-17-7-4-10-29-17)30-14-20(27)24-12-15-5-2-1-3-6-15/h1-3,5-6,8-9,11,17H,4,7,10,12-14H2,(H,24,27). The quantitative estimate of drug-likeness (QED) is 0.446. The Kier molecular flexibility index (Phi) is 6.72. The van der Waals surface area contributed by atoms with Gasteiger partial charge in [-0.2, -0.15) is 0 Å². The molecule has 30 heavy (non-hydrogen) atoms. The summed E-state index contributed by atoms with van der Waals surface area (Å²) in [5.74, 6) is 0.0459. The Morgan fingerprint density at radius 1 is 1.27 bits per heavy atom. The highest BCUT2D eigenvalue weighted by Gasteiger charge is 2.20. The number of hydrogen-bond acceptors (Lipinski definition) is 5. The minimum atomic E-state index is -0.139. The number of aromatic nitrogens is 2. The molecule has 1 aliphatic rings. The van der Waals surface area contributed by atoms with E-state index in [0.717, 1.165) is 18.4 Å². The van der Waals surface area contributed by atoms with E-state index in [1.165, 1.54) is 11.8 Å². The van der Waals surface area contributed by atoms with Crippen molar-refractivity contribution in [1.29, 1.82) is 0 Å². The van der Waals surface area contributed by atoms with E-state index in [2.05, 4.69) is 10.3 Å². The molecule has 1 amide bonds. The highest BCUT2D eigenvalue weighted by molar-refractivity contribution is 7.99. The molecule has 2 heterocycles. The largest absolute Gasteiger partial charge is 0.376 e. The van der Waals surface area contributed by atoms with Gasteiger partial charge in [-0.05, 0) is 36.6 Å². The molecule has 0 bridgehead atoms. The first kappa shape index (κ1) is 20.9. The molecule has 1 aliphatic heterocycles. The van der Waals surface area contributed by atoms with Gasteiger partial charge in [0, 0.05) is 18.2 Å². The molecular weight excluding hydrogens is 422 g/mol. The average Bonchev–Trinajstić information content (AvgIpc) is 3.27. The van der Waals surface area contributed by atoms with Gasteiger partial charge in [0.25, 0.3) is 5.56 Å². The third kappa shape index (κ3) is 5.03. The summed E-state index contributed by atoms with van der Waals surface area (Å²) >= 11 is 7.34. The summed E-state index contributed by atoms with van der Waals surface area (Å²) in [6, 6.07) is 14.8. The molecule has 1 unspecified atom stereocenters. The van der Waals surface area contributed by atoms with Crippen LogP contribution in [0.3, 0.4) is 0 Å². The van der Waals surface area contributed by atoms with Crippen LogP contribution in [0.2, 0.25) is 5.02 Å². The van der Waals surface area contributed by atoms with Gasteiger partial charge in [-0.1, -0.05) is 53.7 Å². The second-order valence-corrected chi connectivity index (χ2v) is 8.54. The van der Waals surface area contributed by atoms with E-state index in [1.807, 2.05) is 30.3 Å². The van der Waals surface area contributed by atoms with E-state index in [9.17, 15) is 9.59 Å². The van der Waals surface area contributed by atoms with Gasteiger partial charge in [-0.3, -0.25) is 14.2 Å². The van der Waals surface area contributed by atoms with Crippen molar-refractivity contribution in [3.05, 3.63) is 69.5 Å². The van der Waals surface area contributed by atoms with Crippen LogP contribution in [0.15, 0.2) is 58.5 Å². The Morgan fingerprint density at radius 3 is 2.87 bits per heavy atom. The van der Waals surface area contributed by atoms with Gasteiger partial charge in [0.05, 0.1) is 29.3 Å². The normalized spacial score (nSPS) is 16.1. The van der Waals surface area contributed by atoms with Crippen molar-refractivity contribution in [2.45, 2.75) is 37.2 Å². The fourth-order valence-electron chi connectivity index (χ4n) is 3.41. The fourth-order valence-corrected chi connectivity index (χ4v) is 4.42. The van der Waals surface area contributed by atoms with Crippen LogP contribution in [0.1, 0.15) is 18.4 Å². The van der Waals surface area contributed by atoms with Crippen LogP contribution in [0.5, 0.6) is 0 Å². The second-order valence-electron chi connectivity index (χ2n) is 7.16. The van der Waals surface area contributed by atoms with E-state index >= 15 is 0 Å². The topological polar surface area (TPSA) is 73.2 Å². The minimum absolute atomic E-state index is 0.0134. The molecule has 1 N–H and O–H groups in total. The second kappa shape index (κ2) is 9.64. The first-order valence-electron chi connectivity index (χ1n) is 9.85. The predicted octanol–water partition coefficient (Wildman–Crippen LogP) is 3.64. The van der Waals surface area contributed by atoms with Crippen molar-refractivity contribution < 1.29 is 9.53 Å². The minimum Gasteiger partial charge on any atom is -0.376 e. The van der Waals surface area contributed by atoms with E-state index in [0.29, 0.717) is 40.8 Å². The number of nitrogens with one attached hydrogen (secondary N) is 1. The van der Waals surface area contributed by atoms with Gasteiger partial charge >= 0.3 is 0 Å². The van der Waals surface area contributed by atoms with Crippen molar-refractivity contribution in [3.8, 4) is 0 Å². The summed E-state index contributed by atoms with van der Waals surface area (Å²) in [5, 5.41) is 4.43. The monoisotopic (exact) mass is 443 g/mol. The molecule has 6 nitrogen and oxygen atoms in total. The molecule has 3 aromatic rings. The van der Waals surface area contributed by atoms with Gasteiger partial charge in [0.1, 0.15) is 0 Å². The lowest BCUT2D eigenvalue weighted by atomic mass is 10.2. The number of hydrogen-bond donors (Lipinski definition) is 1. The van der Waals surface area contributed by atoms with E-state index in [4.69, 9.17) is 16.3 Å². The van der Waals surface area contributed by atoms with Crippen LogP contribution >= 0.6 is 23.4 Å². The molecule has 4 rings (SSSR count). The molecule has 1 atom stereocenters. The molecular formula is C22H22ClN3O3S. The third-order valence-corrected chi connectivity index (χ3v) is 6.17. The Labute approximate surface area is 183 Å². The average molecular weight is 444 g/mol. The van der Waals surface area contributed by atoms with E-state index in [-0.39, 0.29) is 23.3 Å². The van der Waals surface area contributed by atoms with Crippen LogP contribution < -0.4 is 10.9 Å². The molecule has 0 spiro atoms. The summed E-state index contributed by atoms with van der Waals surface area (Å²) in [4.78, 5) is 30.1. The van der Waals surface area contributed by atoms with Crippen molar-refractivity contribution in [1.82, 2.24) is 14.9 Å². The zero-order chi connectivity index (χ0) is 20.9. The number of amides is 1. The molecule has 1 saturated heterocycles. The molecule has 2 aromatic carbocycles. The summed E-state index contributed by atoms with van der Waals surface area (Å²) in [7, 11) is 0. The van der Waals surface area contributed by atoms with Crippen molar-refractivity contribution in [2.24, 2.45) is 0 Å². The van der Waals surface area contributed by atoms with Gasteiger partial charge in [-0.15, -0.1) is 0 Å². The number of ether oxygens (including phenoxy) is 1.